The van der Waals surface area contributed by atoms with Crippen molar-refractivity contribution < 1.29 is 8.92 Å². The zero-order valence-electron chi connectivity index (χ0n) is 4.07. The number of rotatable bonds is 2. The van der Waals surface area contributed by atoms with Gasteiger partial charge < -0.3 is 4.74 Å². The Morgan fingerprint density at radius 1 is 1.75 bits per heavy atom. The molecule has 1 heterocycles. The van der Waals surface area contributed by atoms with Crippen LogP contribution in [0.15, 0.2) is 0 Å². The summed E-state index contributed by atoms with van der Waals surface area (Å²) in [5, 5.41) is -0.730. The average molecular weight is 171 g/mol. The lowest BCUT2D eigenvalue weighted by molar-refractivity contribution is -0.0493. The van der Waals surface area contributed by atoms with Crippen LogP contribution >= 0.6 is 37.7 Å². The van der Waals surface area contributed by atoms with Crippen molar-refractivity contribution in [3.05, 3.63) is 0 Å². The monoisotopic (exact) mass is 171 g/mol. The van der Waals surface area contributed by atoms with Crippen LogP contribution < -0.4 is 0 Å². The number of methoxy groups -OCH3 is 1. The summed E-state index contributed by atoms with van der Waals surface area (Å²) in [6, 6.07) is 0. The summed E-state index contributed by atoms with van der Waals surface area (Å²) in [5.41, 5.74) is 0. The van der Waals surface area contributed by atoms with Gasteiger partial charge in [0.15, 0.2) is 0 Å². The number of hydrogen-bond acceptors (Lipinski definition) is 6. The van der Waals surface area contributed by atoms with E-state index in [1.807, 2.05) is 0 Å². The Labute approximate surface area is 63.0 Å². The van der Waals surface area contributed by atoms with Crippen molar-refractivity contribution in [2.75, 3.05) is 7.11 Å². The third-order valence-corrected chi connectivity index (χ3v) is 2.33. The highest BCUT2D eigenvalue weighted by Crippen LogP contribution is 2.51. The molecule has 0 aliphatic carbocycles. The highest BCUT2D eigenvalue weighted by Gasteiger charge is 2.53. The molecule has 1 rings (SSSR count). The predicted molar refractivity (Wildman–Crippen MR) is 38.2 cm³/mol. The van der Waals surface area contributed by atoms with Crippen molar-refractivity contribution in [1.82, 2.24) is 3.71 Å². The molecular weight excluding hydrogens is 166 g/mol. The minimum absolute atomic E-state index is 0.730. The fourth-order valence-corrected chi connectivity index (χ4v) is 1.16. The molecule has 8 heavy (non-hydrogen) atoms. The van der Waals surface area contributed by atoms with E-state index in [0.29, 0.717) is 0 Å². The molecule has 1 aliphatic heterocycles. The average Bonchev–Trinajstić information content (AvgIpc) is 2.44. The lowest BCUT2D eigenvalue weighted by Crippen LogP contribution is -2.22. The Kier molecular flexibility index (Phi) is 2.01. The first-order chi connectivity index (χ1) is 3.71. The van der Waals surface area contributed by atoms with Crippen LogP contribution in [0.5, 0.6) is 0 Å². The van der Waals surface area contributed by atoms with Gasteiger partial charge >= 0.3 is 5.24 Å². The summed E-state index contributed by atoms with van der Waals surface area (Å²) in [7, 11) is 1.53. The fraction of sp³-hybridized carbons (Fsp3) is 1.00. The topological polar surface area (TPSA) is 25.0 Å². The molecule has 0 bridgehead atoms. The summed E-state index contributed by atoms with van der Waals surface area (Å²) in [5.74, 6) is 0. The maximum atomic E-state index is 4.82. The lowest BCUT2D eigenvalue weighted by Gasteiger charge is -2.10. The minimum Gasteiger partial charge on any atom is -0.328 e. The largest absolute Gasteiger partial charge is 0.338 e. The van der Waals surface area contributed by atoms with Crippen LogP contribution in [-0.4, -0.2) is 16.1 Å². The van der Waals surface area contributed by atoms with E-state index < -0.39 is 5.24 Å². The second-order valence-electron chi connectivity index (χ2n) is 1.18. The van der Waals surface area contributed by atoms with Crippen molar-refractivity contribution in [3.63, 3.8) is 0 Å². The maximum Gasteiger partial charge on any atom is 0.338 e. The molecule has 1 atom stereocenters. The molecule has 0 amide bonds. The normalized spacial score (nSPS) is 36.0. The van der Waals surface area contributed by atoms with Crippen molar-refractivity contribution in [3.8, 4) is 0 Å². The lowest BCUT2D eigenvalue weighted by atomic mass is 11.1. The van der Waals surface area contributed by atoms with Crippen LogP contribution in [0.1, 0.15) is 0 Å². The summed E-state index contributed by atoms with van der Waals surface area (Å²) in [6.45, 7) is 0. The van der Waals surface area contributed by atoms with Crippen molar-refractivity contribution >= 4 is 37.7 Å². The molecule has 0 aromatic carbocycles. The number of ether oxygens (including phenoxy) is 1. The van der Waals surface area contributed by atoms with Gasteiger partial charge in [-0.3, -0.25) is 0 Å². The van der Waals surface area contributed by atoms with Gasteiger partial charge in [0, 0.05) is 7.11 Å². The van der Waals surface area contributed by atoms with Crippen LogP contribution in [-0.2, 0) is 8.92 Å². The van der Waals surface area contributed by atoms with Crippen LogP contribution in [0.4, 0.5) is 0 Å². The van der Waals surface area contributed by atoms with E-state index in [1.165, 1.54) is 22.9 Å². The summed E-state index contributed by atoms with van der Waals surface area (Å²) >= 11 is 8.87. The Bertz CT molecular complexity index is 93.3. The summed E-state index contributed by atoms with van der Waals surface area (Å²) in [4.78, 5) is 0. The molecule has 0 saturated carbocycles. The van der Waals surface area contributed by atoms with Crippen LogP contribution in [0.3, 0.4) is 0 Å². The van der Waals surface area contributed by atoms with E-state index in [1.54, 1.807) is 0 Å². The Morgan fingerprint density at radius 2 is 2.25 bits per heavy atom. The minimum atomic E-state index is -0.730. The zero-order valence-corrected chi connectivity index (χ0v) is 6.67. The van der Waals surface area contributed by atoms with Crippen molar-refractivity contribution in [1.29, 1.82) is 0 Å². The Hall–Kier alpha value is 0.930. The second kappa shape index (κ2) is 2.28. The van der Waals surface area contributed by atoms with E-state index in [0.717, 1.165) is 0 Å². The number of thiol groups is 2. The van der Waals surface area contributed by atoms with Gasteiger partial charge in [-0.25, -0.2) is 4.18 Å². The third-order valence-electron chi connectivity index (χ3n) is 0.729. The summed E-state index contributed by atoms with van der Waals surface area (Å²) in [6.07, 6.45) is 0. The van der Waals surface area contributed by atoms with Gasteiger partial charge in [0.2, 0.25) is 0 Å². The molecule has 0 N–H and O–H groups in total. The predicted octanol–water partition coefficient (Wildman–Crippen LogP) is 0.914. The smallest absolute Gasteiger partial charge is 0.328 e. The standard InChI is InChI=1S/C2H5NO2S3/c1-4-2(3(6)7)5-8-2/h6-7H,1H3. The van der Waals surface area contributed by atoms with Gasteiger partial charge in [-0.1, -0.05) is 25.6 Å². The molecule has 3 nitrogen and oxygen atoms in total. The van der Waals surface area contributed by atoms with E-state index in [2.05, 4.69) is 25.6 Å². The SMILES string of the molecule is COC1(N(S)S)OS1. The molecule has 1 aliphatic rings. The van der Waals surface area contributed by atoms with Gasteiger partial charge in [-0.05, 0) is 0 Å². The first-order valence-corrected chi connectivity index (χ1v) is 3.35. The van der Waals surface area contributed by atoms with Gasteiger partial charge in [-0.15, -0.1) is 3.71 Å². The molecule has 1 fully saturated rings. The van der Waals surface area contributed by atoms with E-state index >= 15 is 0 Å². The zero-order chi connectivity index (χ0) is 6.20. The van der Waals surface area contributed by atoms with Gasteiger partial charge in [0.25, 0.3) is 0 Å². The summed E-state index contributed by atoms with van der Waals surface area (Å²) < 4.78 is 10.9. The molecule has 0 aromatic heterocycles. The highest BCUT2D eigenvalue weighted by atomic mass is 32.2. The molecule has 0 radical (unpaired) electrons. The second-order valence-corrected chi connectivity index (χ2v) is 3.15. The van der Waals surface area contributed by atoms with Crippen molar-refractivity contribution in [2.45, 2.75) is 5.24 Å². The Balaban J connectivity index is 2.41. The number of hydrogen-bond donors (Lipinski definition) is 2. The molecular formula is C2H5NO2S3. The van der Waals surface area contributed by atoms with Crippen molar-refractivity contribution in [2.24, 2.45) is 0 Å². The van der Waals surface area contributed by atoms with E-state index in [-0.39, 0.29) is 0 Å². The van der Waals surface area contributed by atoms with E-state index in [4.69, 9.17) is 8.92 Å². The molecule has 1 unspecified atom stereocenters. The fourth-order valence-electron chi connectivity index (χ4n) is 0.252. The first-order valence-electron chi connectivity index (χ1n) is 1.81. The quantitative estimate of drug-likeness (QED) is 0.279. The molecule has 48 valence electrons. The molecule has 0 aromatic rings. The van der Waals surface area contributed by atoms with E-state index in [9.17, 15) is 0 Å². The van der Waals surface area contributed by atoms with Gasteiger partial charge in [0.05, 0.1) is 12.0 Å². The van der Waals surface area contributed by atoms with Crippen LogP contribution in [0.2, 0.25) is 0 Å². The third kappa shape index (κ3) is 1.09. The van der Waals surface area contributed by atoms with Gasteiger partial charge in [0.1, 0.15) is 0 Å². The van der Waals surface area contributed by atoms with Crippen LogP contribution in [0.25, 0.3) is 0 Å². The Morgan fingerprint density at radius 3 is 2.25 bits per heavy atom. The number of nitrogens with zero attached hydrogens (tertiary/aromatic N) is 1. The molecule has 6 heteroatoms. The van der Waals surface area contributed by atoms with Gasteiger partial charge in [-0.2, -0.15) is 0 Å². The first kappa shape index (κ1) is 7.04. The highest BCUT2D eigenvalue weighted by molar-refractivity contribution is 8.03. The molecule has 1 saturated heterocycles. The molecule has 0 spiro atoms. The van der Waals surface area contributed by atoms with Crippen LogP contribution in [0, 0.1) is 0 Å². The maximum absolute atomic E-state index is 4.82.